The van der Waals surface area contributed by atoms with Gasteiger partial charge in [0.15, 0.2) is 5.95 Å². The van der Waals surface area contributed by atoms with Crippen molar-refractivity contribution in [3.63, 3.8) is 0 Å². The van der Waals surface area contributed by atoms with Gasteiger partial charge < -0.3 is 4.57 Å². The van der Waals surface area contributed by atoms with Gasteiger partial charge in [0.2, 0.25) is 0 Å². The molecule has 0 aliphatic rings. The average molecular weight is 271 g/mol. The number of benzene rings is 1. The summed E-state index contributed by atoms with van der Waals surface area (Å²) >= 11 is 0. The van der Waals surface area contributed by atoms with E-state index >= 15 is 0 Å². The predicted molar refractivity (Wildman–Crippen MR) is 66.4 cm³/mol. The zero-order valence-corrected chi connectivity index (χ0v) is 10.9. The normalized spacial score (nSPS) is 10.7. The van der Waals surface area contributed by atoms with Crippen molar-refractivity contribution in [1.29, 1.82) is 0 Å². The SMILES string of the molecule is Cc1ccc(S(=O)(=O)O)cc1.Cn1cccc1F. The van der Waals surface area contributed by atoms with Crippen molar-refractivity contribution in [2.75, 3.05) is 0 Å². The molecule has 0 bridgehead atoms. The van der Waals surface area contributed by atoms with Crippen LogP contribution in [0.1, 0.15) is 5.56 Å². The number of aryl methyl sites for hydroxylation is 2. The number of halogens is 1. The summed E-state index contributed by atoms with van der Waals surface area (Å²) in [5.41, 5.74) is 0.956. The van der Waals surface area contributed by atoms with E-state index in [4.69, 9.17) is 4.55 Å². The highest BCUT2D eigenvalue weighted by Crippen LogP contribution is 2.08. The van der Waals surface area contributed by atoms with E-state index in [1.54, 1.807) is 31.4 Å². The Morgan fingerprint density at radius 1 is 1.17 bits per heavy atom. The van der Waals surface area contributed by atoms with Crippen LogP contribution in [0.2, 0.25) is 0 Å². The molecule has 1 aromatic carbocycles. The van der Waals surface area contributed by atoms with Gasteiger partial charge in [-0.15, -0.1) is 0 Å². The van der Waals surface area contributed by atoms with Gasteiger partial charge in [0.25, 0.3) is 10.1 Å². The lowest BCUT2D eigenvalue weighted by Crippen LogP contribution is -1.96. The Morgan fingerprint density at radius 3 is 2.00 bits per heavy atom. The highest BCUT2D eigenvalue weighted by atomic mass is 32.2. The molecule has 0 aliphatic carbocycles. The van der Waals surface area contributed by atoms with Crippen LogP contribution in [-0.4, -0.2) is 17.5 Å². The van der Waals surface area contributed by atoms with Crippen molar-refractivity contribution < 1.29 is 17.4 Å². The molecule has 18 heavy (non-hydrogen) atoms. The average Bonchev–Trinajstić information content (AvgIpc) is 2.63. The van der Waals surface area contributed by atoms with Gasteiger partial charge >= 0.3 is 0 Å². The van der Waals surface area contributed by atoms with Gasteiger partial charge in [0, 0.05) is 13.2 Å². The first-order valence-corrected chi connectivity index (χ1v) is 6.55. The molecular weight excluding hydrogens is 257 g/mol. The summed E-state index contributed by atoms with van der Waals surface area (Å²) in [5.74, 6) is -0.194. The van der Waals surface area contributed by atoms with Gasteiger partial charge in [0.05, 0.1) is 4.90 Å². The molecule has 0 fully saturated rings. The molecular formula is C12H14FNO3S. The third kappa shape index (κ3) is 4.31. The molecule has 1 heterocycles. The summed E-state index contributed by atoms with van der Waals surface area (Å²) in [4.78, 5) is -0.0666. The van der Waals surface area contributed by atoms with Crippen LogP contribution in [0.5, 0.6) is 0 Å². The fraction of sp³-hybridized carbons (Fsp3) is 0.167. The van der Waals surface area contributed by atoms with Crippen LogP contribution in [0.3, 0.4) is 0 Å². The second-order valence-electron chi connectivity index (χ2n) is 3.73. The van der Waals surface area contributed by atoms with Crippen LogP contribution < -0.4 is 0 Å². The Balaban J connectivity index is 0.000000199. The quantitative estimate of drug-likeness (QED) is 0.810. The molecule has 0 saturated carbocycles. The minimum Gasteiger partial charge on any atom is -0.328 e. The van der Waals surface area contributed by atoms with Crippen molar-refractivity contribution in [2.45, 2.75) is 11.8 Å². The van der Waals surface area contributed by atoms with Crippen LogP contribution >= 0.6 is 0 Å². The third-order valence-electron chi connectivity index (χ3n) is 2.20. The third-order valence-corrected chi connectivity index (χ3v) is 3.07. The van der Waals surface area contributed by atoms with E-state index in [1.807, 2.05) is 6.92 Å². The molecule has 2 rings (SSSR count). The monoisotopic (exact) mass is 271 g/mol. The van der Waals surface area contributed by atoms with Crippen LogP contribution in [0.15, 0.2) is 47.5 Å². The zero-order chi connectivity index (χ0) is 13.8. The number of nitrogens with zero attached hydrogens (tertiary/aromatic N) is 1. The smallest absolute Gasteiger partial charge is 0.294 e. The molecule has 0 radical (unpaired) electrons. The summed E-state index contributed by atoms with van der Waals surface area (Å²) in [6.07, 6.45) is 1.66. The number of hydrogen-bond acceptors (Lipinski definition) is 2. The maximum atomic E-state index is 12.0. The molecule has 4 nitrogen and oxygen atoms in total. The maximum absolute atomic E-state index is 12.0. The summed E-state index contributed by atoms with van der Waals surface area (Å²) in [6.45, 7) is 1.84. The fourth-order valence-corrected chi connectivity index (χ4v) is 1.63. The Morgan fingerprint density at radius 2 is 1.72 bits per heavy atom. The van der Waals surface area contributed by atoms with E-state index in [-0.39, 0.29) is 10.8 Å². The van der Waals surface area contributed by atoms with Gasteiger partial charge in [-0.05, 0) is 31.2 Å². The summed E-state index contributed by atoms with van der Waals surface area (Å²) in [5, 5.41) is 0. The molecule has 2 aromatic rings. The molecule has 6 heteroatoms. The summed E-state index contributed by atoms with van der Waals surface area (Å²) < 4.78 is 43.0. The second kappa shape index (κ2) is 5.79. The molecule has 0 aliphatic heterocycles. The van der Waals surface area contributed by atoms with E-state index in [0.29, 0.717) is 0 Å². The highest BCUT2D eigenvalue weighted by Gasteiger charge is 2.06. The molecule has 98 valence electrons. The van der Waals surface area contributed by atoms with Gasteiger partial charge in [0.1, 0.15) is 0 Å². The van der Waals surface area contributed by atoms with Crippen LogP contribution in [0.25, 0.3) is 0 Å². The van der Waals surface area contributed by atoms with Gasteiger partial charge in [-0.2, -0.15) is 12.8 Å². The van der Waals surface area contributed by atoms with Crippen molar-refractivity contribution in [3.8, 4) is 0 Å². The van der Waals surface area contributed by atoms with Gasteiger partial charge in [-0.25, -0.2) is 0 Å². The van der Waals surface area contributed by atoms with Crippen molar-refractivity contribution in [2.24, 2.45) is 7.05 Å². The Bertz CT molecular complexity index is 586. The van der Waals surface area contributed by atoms with E-state index in [0.717, 1.165) is 5.56 Å². The Kier molecular flexibility index (Phi) is 4.63. The molecule has 0 atom stereocenters. The maximum Gasteiger partial charge on any atom is 0.294 e. The lowest BCUT2D eigenvalue weighted by atomic mass is 10.2. The van der Waals surface area contributed by atoms with Crippen LogP contribution in [0, 0.1) is 12.9 Å². The first-order valence-electron chi connectivity index (χ1n) is 5.11. The zero-order valence-electron chi connectivity index (χ0n) is 10.0. The first kappa shape index (κ1) is 14.4. The van der Waals surface area contributed by atoms with E-state index < -0.39 is 10.1 Å². The fourth-order valence-electron chi connectivity index (χ4n) is 1.15. The van der Waals surface area contributed by atoms with Gasteiger partial charge in [-0.3, -0.25) is 4.55 Å². The second-order valence-corrected chi connectivity index (χ2v) is 5.15. The van der Waals surface area contributed by atoms with E-state index in [2.05, 4.69) is 0 Å². The topological polar surface area (TPSA) is 59.3 Å². The summed E-state index contributed by atoms with van der Waals surface area (Å²) in [6, 6.07) is 9.07. The number of aromatic nitrogens is 1. The molecule has 0 spiro atoms. The molecule has 0 amide bonds. The summed E-state index contributed by atoms with van der Waals surface area (Å²) in [7, 11) is -2.36. The van der Waals surface area contributed by atoms with E-state index in [9.17, 15) is 12.8 Å². The van der Waals surface area contributed by atoms with Crippen molar-refractivity contribution >= 4 is 10.1 Å². The Labute approximate surface area is 105 Å². The first-order chi connectivity index (χ1) is 8.30. The van der Waals surface area contributed by atoms with Crippen molar-refractivity contribution in [1.82, 2.24) is 4.57 Å². The van der Waals surface area contributed by atoms with Crippen molar-refractivity contribution in [3.05, 3.63) is 54.1 Å². The standard InChI is InChI=1S/C7H8O3S.C5H6FN/c1-6-2-4-7(5-3-6)11(8,9)10;1-7-4-2-3-5(7)6/h2-5H,1H3,(H,8,9,10);2-4H,1H3. The number of hydrogen-bond donors (Lipinski definition) is 1. The highest BCUT2D eigenvalue weighted by molar-refractivity contribution is 7.85. The molecule has 1 aromatic heterocycles. The minimum absolute atomic E-state index is 0.0666. The molecule has 1 N–H and O–H groups in total. The number of rotatable bonds is 1. The predicted octanol–water partition coefficient (Wildman–Crippen LogP) is 2.41. The Hall–Kier alpha value is -1.66. The minimum atomic E-state index is -4.02. The van der Waals surface area contributed by atoms with Crippen LogP contribution in [0.4, 0.5) is 4.39 Å². The lowest BCUT2D eigenvalue weighted by Gasteiger charge is -1.95. The van der Waals surface area contributed by atoms with E-state index in [1.165, 1.54) is 22.8 Å². The largest absolute Gasteiger partial charge is 0.328 e. The van der Waals surface area contributed by atoms with Gasteiger partial charge in [-0.1, -0.05) is 17.7 Å². The lowest BCUT2D eigenvalue weighted by molar-refractivity contribution is 0.483. The molecule has 0 saturated heterocycles. The van der Waals surface area contributed by atoms with Crippen LogP contribution in [-0.2, 0) is 17.2 Å². The molecule has 0 unspecified atom stereocenters.